The molecule has 2 aromatic carbocycles. The number of rotatable bonds is 9. The third-order valence-electron chi connectivity index (χ3n) is 3.73. The number of hydrogen-bond donors (Lipinski definition) is 2. The lowest BCUT2D eigenvalue weighted by atomic mass is 10.2. The van der Waals surface area contributed by atoms with Crippen LogP contribution in [-0.4, -0.2) is 38.4 Å². The molecule has 0 radical (unpaired) electrons. The lowest BCUT2D eigenvalue weighted by Gasteiger charge is -2.12. The van der Waals surface area contributed by atoms with E-state index in [0.717, 1.165) is 6.42 Å². The molecule has 0 unspecified atom stereocenters. The van der Waals surface area contributed by atoms with Gasteiger partial charge in [-0.2, -0.15) is 0 Å². The van der Waals surface area contributed by atoms with Crippen molar-refractivity contribution in [3.05, 3.63) is 53.6 Å². The summed E-state index contributed by atoms with van der Waals surface area (Å²) < 4.78 is 15.8. The van der Waals surface area contributed by atoms with E-state index in [0.29, 0.717) is 29.1 Å². The maximum atomic E-state index is 11.8. The summed E-state index contributed by atoms with van der Waals surface area (Å²) in [6, 6.07) is 11.9. The van der Waals surface area contributed by atoms with Crippen LogP contribution in [0.3, 0.4) is 0 Å². The van der Waals surface area contributed by atoms with Gasteiger partial charge in [-0.05, 0) is 42.3 Å². The first-order valence-electron chi connectivity index (χ1n) is 8.61. The van der Waals surface area contributed by atoms with Crippen LogP contribution in [0.4, 0.5) is 0 Å². The van der Waals surface area contributed by atoms with Crippen LogP contribution in [0, 0.1) is 0 Å². The molecule has 0 atom stereocenters. The van der Waals surface area contributed by atoms with Crippen molar-refractivity contribution >= 4 is 18.1 Å². The van der Waals surface area contributed by atoms with E-state index in [2.05, 4.69) is 10.9 Å². The Morgan fingerprint density at radius 2 is 1.57 bits per heavy atom. The molecule has 0 saturated heterocycles. The summed E-state index contributed by atoms with van der Waals surface area (Å²) in [7, 11) is 1.42. The van der Waals surface area contributed by atoms with Gasteiger partial charge < -0.3 is 14.2 Å². The van der Waals surface area contributed by atoms with Crippen molar-refractivity contribution in [3.8, 4) is 17.2 Å². The molecular weight excluding hydrogens is 364 g/mol. The van der Waals surface area contributed by atoms with Crippen LogP contribution in [0.1, 0.15) is 22.8 Å². The van der Waals surface area contributed by atoms with E-state index >= 15 is 0 Å². The quantitative estimate of drug-likeness (QED) is 0.502. The zero-order valence-corrected chi connectivity index (χ0v) is 15.7. The van der Waals surface area contributed by atoms with Crippen molar-refractivity contribution in [3.63, 3.8) is 0 Å². The number of aryl methyl sites for hydroxylation is 1. The second kappa shape index (κ2) is 10.6. The number of carbonyl (C=O) groups excluding carboxylic acids is 3. The lowest BCUT2D eigenvalue weighted by Crippen LogP contribution is -2.45. The Hall–Kier alpha value is -3.55. The van der Waals surface area contributed by atoms with Gasteiger partial charge in [-0.1, -0.05) is 19.1 Å². The maximum Gasteiger partial charge on any atom is 0.276 e. The van der Waals surface area contributed by atoms with Crippen molar-refractivity contribution < 1.29 is 28.6 Å². The van der Waals surface area contributed by atoms with Crippen molar-refractivity contribution in [1.29, 1.82) is 0 Å². The third-order valence-corrected chi connectivity index (χ3v) is 3.73. The molecule has 0 aliphatic heterocycles. The molecule has 148 valence electrons. The number of hydrogen-bond acceptors (Lipinski definition) is 6. The molecule has 0 bridgehead atoms. The molecule has 2 aromatic rings. The van der Waals surface area contributed by atoms with Crippen molar-refractivity contribution in [2.45, 2.75) is 13.3 Å². The fraction of sp³-hybridized carbons (Fsp3) is 0.250. The molecule has 0 spiro atoms. The Kier molecular flexibility index (Phi) is 7.83. The van der Waals surface area contributed by atoms with E-state index < -0.39 is 11.8 Å². The minimum absolute atomic E-state index is 0.242. The minimum Gasteiger partial charge on any atom is -0.493 e. The molecule has 2 rings (SSSR count). The van der Waals surface area contributed by atoms with Crippen LogP contribution in [0.2, 0.25) is 0 Å². The largest absolute Gasteiger partial charge is 0.493 e. The fourth-order valence-electron chi connectivity index (χ4n) is 2.20. The minimum atomic E-state index is -0.567. The van der Waals surface area contributed by atoms with Gasteiger partial charge in [0, 0.05) is 5.56 Å². The summed E-state index contributed by atoms with van der Waals surface area (Å²) in [5.74, 6) is 0.105. The van der Waals surface area contributed by atoms with Crippen molar-refractivity contribution in [1.82, 2.24) is 10.9 Å². The van der Waals surface area contributed by atoms with Crippen molar-refractivity contribution in [2.75, 3.05) is 20.3 Å². The summed E-state index contributed by atoms with van der Waals surface area (Å²) in [6.07, 6.45) is 1.59. The Morgan fingerprint density at radius 1 is 0.929 bits per heavy atom. The summed E-state index contributed by atoms with van der Waals surface area (Å²) in [4.78, 5) is 34.3. The smallest absolute Gasteiger partial charge is 0.276 e. The van der Waals surface area contributed by atoms with E-state index in [1.165, 1.54) is 30.9 Å². The molecule has 8 heteroatoms. The topological polar surface area (TPSA) is 103 Å². The highest BCUT2D eigenvalue weighted by atomic mass is 16.5. The Bertz CT molecular complexity index is 820. The van der Waals surface area contributed by atoms with Gasteiger partial charge in [0.05, 0.1) is 7.11 Å². The maximum absolute atomic E-state index is 11.8. The number of benzene rings is 2. The van der Waals surface area contributed by atoms with Gasteiger partial charge in [-0.3, -0.25) is 25.2 Å². The number of hydrazine groups is 1. The van der Waals surface area contributed by atoms with Crippen LogP contribution >= 0.6 is 0 Å². The average Bonchev–Trinajstić information content (AvgIpc) is 2.74. The zero-order valence-electron chi connectivity index (χ0n) is 15.7. The fourth-order valence-corrected chi connectivity index (χ4v) is 2.20. The molecule has 0 heterocycles. The molecule has 2 N–H and O–H groups in total. The number of ether oxygens (including phenoxy) is 3. The molecule has 0 fully saturated rings. The molecular formula is C20H22N2O6. The molecule has 8 nitrogen and oxygen atoms in total. The van der Waals surface area contributed by atoms with Gasteiger partial charge in [0.15, 0.2) is 24.7 Å². The predicted octanol–water partition coefficient (Wildman–Crippen LogP) is 1.68. The number of aldehydes is 1. The Labute approximate surface area is 162 Å². The number of methoxy groups -OCH3 is 1. The highest BCUT2D eigenvalue weighted by Crippen LogP contribution is 2.27. The third kappa shape index (κ3) is 6.31. The van der Waals surface area contributed by atoms with Crippen LogP contribution in [0.5, 0.6) is 17.2 Å². The van der Waals surface area contributed by atoms with Gasteiger partial charge in [0.1, 0.15) is 12.0 Å². The summed E-state index contributed by atoms with van der Waals surface area (Å²) in [5, 5.41) is 0. The van der Waals surface area contributed by atoms with Crippen LogP contribution in [0.15, 0.2) is 42.5 Å². The first-order valence-corrected chi connectivity index (χ1v) is 8.61. The van der Waals surface area contributed by atoms with E-state index in [9.17, 15) is 14.4 Å². The van der Waals surface area contributed by atoms with Crippen LogP contribution < -0.4 is 25.1 Å². The van der Waals surface area contributed by atoms with Gasteiger partial charge in [0.2, 0.25) is 0 Å². The van der Waals surface area contributed by atoms with Gasteiger partial charge in [-0.15, -0.1) is 0 Å². The summed E-state index contributed by atoms with van der Waals surface area (Å²) in [5.41, 5.74) is 6.05. The molecule has 28 heavy (non-hydrogen) atoms. The van der Waals surface area contributed by atoms with E-state index in [4.69, 9.17) is 14.2 Å². The SMILES string of the molecule is CCc1ccc(OCC(=O)NNC(=O)COc2ccc(C=O)cc2OC)cc1. The van der Waals surface area contributed by atoms with Crippen molar-refractivity contribution in [2.24, 2.45) is 0 Å². The van der Waals surface area contributed by atoms with Gasteiger partial charge in [-0.25, -0.2) is 0 Å². The van der Waals surface area contributed by atoms with E-state index in [-0.39, 0.29) is 13.2 Å². The zero-order chi connectivity index (χ0) is 20.4. The first-order chi connectivity index (χ1) is 13.5. The second-order valence-corrected chi connectivity index (χ2v) is 5.70. The standard InChI is InChI=1S/C20H22N2O6/c1-3-14-4-7-16(8-5-14)27-12-19(24)21-22-20(25)13-28-17-9-6-15(11-23)10-18(17)26-2/h4-11H,3,12-13H2,1-2H3,(H,21,24)(H,22,25). The molecule has 0 aliphatic rings. The van der Waals surface area contributed by atoms with E-state index in [1.54, 1.807) is 12.1 Å². The van der Waals surface area contributed by atoms with Gasteiger partial charge >= 0.3 is 0 Å². The lowest BCUT2D eigenvalue weighted by molar-refractivity contribution is -0.131. The van der Waals surface area contributed by atoms with Crippen LogP contribution in [0.25, 0.3) is 0 Å². The number of carbonyl (C=O) groups is 3. The summed E-state index contributed by atoms with van der Waals surface area (Å²) >= 11 is 0. The highest BCUT2D eigenvalue weighted by molar-refractivity contribution is 5.83. The molecule has 2 amide bonds. The Balaban J connectivity index is 1.72. The molecule has 0 saturated carbocycles. The Morgan fingerprint density at radius 3 is 2.14 bits per heavy atom. The number of amides is 2. The predicted molar refractivity (Wildman–Crippen MR) is 101 cm³/mol. The first kappa shape index (κ1) is 20.8. The normalized spacial score (nSPS) is 9.93. The molecule has 0 aliphatic carbocycles. The second-order valence-electron chi connectivity index (χ2n) is 5.70. The summed E-state index contributed by atoms with van der Waals surface area (Å²) in [6.45, 7) is 1.45. The highest BCUT2D eigenvalue weighted by Gasteiger charge is 2.10. The van der Waals surface area contributed by atoms with E-state index in [1.807, 2.05) is 19.1 Å². The average molecular weight is 386 g/mol. The van der Waals surface area contributed by atoms with Gasteiger partial charge in [0.25, 0.3) is 11.8 Å². The van der Waals surface area contributed by atoms with Crippen LogP contribution in [-0.2, 0) is 16.0 Å². The number of nitrogens with one attached hydrogen (secondary N) is 2. The molecule has 0 aromatic heterocycles. The monoisotopic (exact) mass is 386 g/mol.